The van der Waals surface area contributed by atoms with Gasteiger partial charge in [0, 0.05) is 25.8 Å². The van der Waals surface area contributed by atoms with E-state index in [1.807, 2.05) is 37.4 Å². The molecule has 0 saturated carbocycles. The van der Waals surface area contributed by atoms with Crippen molar-refractivity contribution in [1.82, 2.24) is 9.80 Å². The van der Waals surface area contributed by atoms with Crippen molar-refractivity contribution in [2.24, 2.45) is 5.92 Å². The molecule has 2 aromatic rings. The highest BCUT2D eigenvalue weighted by molar-refractivity contribution is 5.92. The summed E-state index contributed by atoms with van der Waals surface area (Å²) in [6.45, 7) is 6.61. The summed E-state index contributed by atoms with van der Waals surface area (Å²) in [4.78, 5) is 29.2. The number of likely N-dealkylation sites (N-methyl/N-ethyl adjacent to an activating group) is 1. The van der Waals surface area contributed by atoms with E-state index in [0.717, 1.165) is 25.1 Å². The van der Waals surface area contributed by atoms with Crippen molar-refractivity contribution < 1.29 is 9.59 Å². The fourth-order valence-electron chi connectivity index (χ4n) is 3.86. The van der Waals surface area contributed by atoms with Crippen LogP contribution in [0.2, 0.25) is 0 Å². The summed E-state index contributed by atoms with van der Waals surface area (Å²) in [6.07, 6.45) is 1.79. The first-order valence-electron chi connectivity index (χ1n) is 10.3. The van der Waals surface area contributed by atoms with Crippen LogP contribution in [-0.2, 0) is 16.1 Å². The molecule has 2 aromatic carbocycles. The number of hydrogen-bond acceptors (Lipinski definition) is 3. The molecule has 29 heavy (non-hydrogen) atoms. The number of hydrogen-bond donors (Lipinski definition) is 1. The lowest BCUT2D eigenvalue weighted by molar-refractivity contribution is -0.133. The summed E-state index contributed by atoms with van der Waals surface area (Å²) >= 11 is 0. The smallest absolute Gasteiger partial charge is 0.236 e. The van der Waals surface area contributed by atoms with Crippen LogP contribution in [0.1, 0.15) is 29.5 Å². The van der Waals surface area contributed by atoms with E-state index < -0.39 is 0 Å². The van der Waals surface area contributed by atoms with Gasteiger partial charge in [0.25, 0.3) is 0 Å². The number of benzene rings is 2. The average Bonchev–Trinajstić information content (AvgIpc) is 2.71. The molecule has 1 aliphatic rings. The molecule has 1 fully saturated rings. The Labute approximate surface area is 173 Å². The van der Waals surface area contributed by atoms with Crippen molar-refractivity contribution in [3.05, 3.63) is 65.2 Å². The molecule has 0 unspecified atom stereocenters. The van der Waals surface area contributed by atoms with Crippen LogP contribution in [0.4, 0.5) is 5.69 Å². The third kappa shape index (κ3) is 5.91. The van der Waals surface area contributed by atoms with E-state index in [1.54, 1.807) is 4.90 Å². The second-order valence-electron chi connectivity index (χ2n) is 8.11. The minimum Gasteiger partial charge on any atom is -0.340 e. The zero-order chi connectivity index (χ0) is 20.8. The third-order valence-electron chi connectivity index (χ3n) is 5.61. The van der Waals surface area contributed by atoms with Crippen LogP contribution >= 0.6 is 0 Å². The van der Waals surface area contributed by atoms with Crippen LogP contribution in [0.3, 0.4) is 0 Å². The van der Waals surface area contributed by atoms with Gasteiger partial charge in [-0.2, -0.15) is 0 Å². The molecule has 3 rings (SSSR count). The minimum absolute atomic E-state index is 0.0389. The molecule has 0 aromatic heterocycles. The topological polar surface area (TPSA) is 52.7 Å². The zero-order valence-corrected chi connectivity index (χ0v) is 17.6. The molecule has 0 aliphatic carbocycles. The predicted octanol–water partition coefficient (Wildman–Crippen LogP) is 3.61. The van der Waals surface area contributed by atoms with Crippen molar-refractivity contribution >= 4 is 17.5 Å². The highest BCUT2D eigenvalue weighted by Crippen LogP contribution is 2.19. The number of amides is 2. The molecule has 0 spiro atoms. The lowest BCUT2D eigenvalue weighted by Gasteiger charge is -2.32. The van der Waals surface area contributed by atoms with E-state index in [0.29, 0.717) is 19.6 Å². The number of nitrogens with one attached hydrogen (secondary N) is 1. The van der Waals surface area contributed by atoms with Gasteiger partial charge in [-0.25, -0.2) is 0 Å². The quantitative estimate of drug-likeness (QED) is 0.816. The van der Waals surface area contributed by atoms with Crippen molar-refractivity contribution in [3.63, 3.8) is 0 Å². The molecule has 1 atom stereocenters. The first-order chi connectivity index (χ1) is 13.9. The maximum Gasteiger partial charge on any atom is 0.236 e. The summed E-state index contributed by atoms with van der Waals surface area (Å²) in [6, 6.07) is 15.9. The zero-order valence-electron chi connectivity index (χ0n) is 17.6. The van der Waals surface area contributed by atoms with Gasteiger partial charge in [-0.1, -0.05) is 42.0 Å². The lowest BCUT2D eigenvalue weighted by Crippen LogP contribution is -2.45. The fraction of sp³-hybridized carbons (Fsp3) is 0.417. The van der Waals surface area contributed by atoms with Gasteiger partial charge in [-0.15, -0.1) is 0 Å². The van der Waals surface area contributed by atoms with Crippen LogP contribution in [0.25, 0.3) is 0 Å². The van der Waals surface area contributed by atoms with Crippen LogP contribution in [0.15, 0.2) is 48.5 Å². The Hall–Kier alpha value is -2.66. The Morgan fingerprint density at radius 1 is 1.14 bits per heavy atom. The number of rotatable bonds is 6. The van der Waals surface area contributed by atoms with E-state index >= 15 is 0 Å². The Kier molecular flexibility index (Phi) is 7.04. The van der Waals surface area contributed by atoms with Crippen molar-refractivity contribution in [2.45, 2.75) is 33.2 Å². The van der Waals surface area contributed by atoms with Crippen molar-refractivity contribution in [2.75, 3.05) is 32.0 Å². The first-order valence-corrected chi connectivity index (χ1v) is 10.3. The molecule has 2 amide bonds. The Bertz CT molecular complexity index is 850. The van der Waals surface area contributed by atoms with Gasteiger partial charge in [0.1, 0.15) is 0 Å². The number of piperidine rings is 1. The summed E-state index contributed by atoms with van der Waals surface area (Å²) in [7, 11) is 1.85. The second kappa shape index (κ2) is 9.70. The predicted molar refractivity (Wildman–Crippen MR) is 117 cm³/mol. The van der Waals surface area contributed by atoms with E-state index in [1.165, 1.54) is 16.7 Å². The summed E-state index contributed by atoms with van der Waals surface area (Å²) < 4.78 is 0. The molecule has 1 N–H and O–H groups in total. The molecule has 5 heteroatoms. The summed E-state index contributed by atoms with van der Waals surface area (Å²) in [5.41, 5.74) is 4.43. The summed E-state index contributed by atoms with van der Waals surface area (Å²) in [5.74, 6) is 0.0486. The number of likely N-dealkylation sites (tertiary alicyclic amines) is 1. The number of carbonyl (C=O) groups is 2. The van der Waals surface area contributed by atoms with E-state index in [4.69, 9.17) is 0 Å². The monoisotopic (exact) mass is 393 g/mol. The Morgan fingerprint density at radius 3 is 2.62 bits per heavy atom. The third-order valence-corrected chi connectivity index (χ3v) is 5.61. The molecular formula is C24H31N3O2. The number of aryl methyl sites for hydroxylation is 2. The molecular weight excluding hydrogens is 362 g/mol. The molecule has 1 aliphatic heterocycles. The van der Waals surface area contributed by atoms with Crippen molar-refractivity contribution in [3.8, 4) is 0 Å². The number of nitrogens with zero attached hydrogens (tertiary/aromatic N) is 2. The highest BCUT2D eigenvalue weighted by atomic mass is 16.2. The maximum absolute atomic E-state index is 12.7. The number of para-hydroxylation sites is 1. The molecule has 1 heterocycles. The standard InChI is InChI=1S/C24H31N3O2/c1-18-11-12-20(19(2)14-18)15-26(3)23(28)17-27-13-7-8-21(16-27)24(29)25-22-9-5-4-6-10-22/h4-6,9-12,14,21H,7-8,13,15-17H2,1-3H3,(H,25,29)/t21-/m1/s1. The van der Waals surface area contributed by atoms with Gasteiger partial charge in [0.05, 0.1) is 12.5 Å². The maximum atomic E-state index is 12.7. The summed E-state index contributed by atoms with van der Waals surface area (Å²) in [5, 5.41) is 2.99. The van der Waals surface area contributed by atoms with Crippen LogP contribution < -0.4 is 5.32 Å². The largest absolute Gasteiger partial charge is 0.340 e. The van der Waals surface area contributed by atoms with Crippen molar-refractivity contribution in [1.29, 1.82) is 0 Å². The van der Waals surface area contributed by atoms with Gasteiger partial charge in [-0.05, 0) is 56.5 Å². The number of carbonyl (C=O) groups excluding carboxylic acids is 2. The van der Waals surface area contributed by atoms with Gasteiger partial charge in [0.15, 0.2) is 0 Å². The van der Waals surface area contributed by atoms with Crippen LogP contribution in [0, 0.1) is 19.8 Å². The molecule has 1 saturated heterocycles. The molecule has 5 nitrogen and oxygen atoms in total. The highest BCUT2D eigenvalue weighted by Gasteiger charge is 2.27. The Morgan fingerprint density at radius 2 is 1.90 bits per heavy atom. The van der Waals surface area contributed by atoms with Gasteiger partial charge in [-0.3, -0.25) is 14.5 Å². The van der Waals surface area contributed by atoms with E-state index in [2.05, 4.69) is 42.3 Å². The minimum atomic E-state index is -0.0820. The van der Waals surface area contributed by atoms with Gasteiger partial charge in [0.2, 0.25) is 11.8 Å². The second-order valence-corrected chi connectivity index (χ2v) is 8.11. The molecule has 0 radical (unpaired) electrons. The van der Waals surface area contributed by atoms with E-state index in [9.17, 15) is 9.59 Å². The average molecular weight is 394 g/mol. The van der Waals surface area contributed by atoms with Gasteiger partial charge < -0.3 is 10.2 Å². The molecule has 0 bridgehead atoms. The Balaban J connectivity index is 1.52. The molecule has 154 valence electrons. The van der Waals surface area contributed by atoms with Crippen LogP contribution in [-0.4, -0.2) is 48.3 Å². The first kappa shape index (κ1) is 21.1. The fourth-order valence-corrected chi connectivity index (χ4v) is 3.86. The number of anilines is 1. The SMILES string of the molecule is Cc1ccc(CN(C)C(=O)CN2CCC[C@@H](C(=O)Nc3ccccc3)C2)c(C)c1. The van der Waals surface area contributed by atoms with E-state index in [-0.39, 0.29) is 17.7 Å². The van der Waals surface area contributed by atoms with Crippen LogP contribution in [0.5, 0.6) is 0 Å². The lowest BCUT2D eigenvalue weighted by atomic mass is 9.97. The van der Waals surface area contributed by atoms with Gasteiger partial charge >= 0.3 is 0 Å². The normalized spacial score (nSPS) is 17.0.